The van der Waals surface area contributed by atoms with E-state index in [9.17, 15) is 9.59 Å². The summed E-state index contributed by atoms with van der Waals surface area (Å²) in [7, 11) is 0. The molecule has 30 heavy (non-hydrogen) atoms. The van der Waals surface area contributed by atoms with E-state index in [0.29, 0.717) is 16.5 Å². The number of nitrogens with one attached hydrogen (secondary N) is 2. The SMILES string of the molecule is O=C(COc1ccc(Cl)cc1)NNC(=O)COc1ccc(-c2ccccc2)cc1Br. The second-order valence-electron chi connectivity index (χ2n) is 6.14. The van der Waals surface area contributed by atoms with Gasteiger partial charge < -0.3 is 9.47 Å². The summed E-state index contributed by atoms with van der Waals surface area (Å²) < 4.78 is 11.5. The fraction of sp³-hybridized carbons (Fsp3) is 0.0909. The maximum Gasteiger partial charge on any atom is 0.276 e. The summed E-state index contributed by atoms with van der Waals surface area (Å²) in [4.78, 5) is 23.7. The summed E-state index contributed by atoms with van der Waals surface area (Å²) in [5.74, 6) is -0.00388. The number of rotatable bonds is 7. The Kier molecular flexibility index (Phi) is 7.70. The Morgan fingerprint density at radius 2 is 1.43 bits per heavy atom. The Hall–Kier alpha value is -3.03. The summed E-state index contributed by atoms with van der Waals surface area (Å²) in [6.07, 6.45) is 0. The molecule has 0 saturated carbocycles. The van der Waals surface area contributed by atoms with Crippen LogP contribution in [0.1, 0.15) is 0 Å². The predicted octanol–water partition coefficient (Wildman–Crippen LogP) is 4.37. The number of ether oxygens (including phenoxy) is 2. The zero-order valence-corrected chi connectivity index (χ0v) is 18.1. The number of amides is 2. The topological polar surface area (TPSA) is 76.7 Å². The van der Waals surface area contributed by atoms with E-state index in [2.05, 4.69) is 26.8 Å². The highest BCUT2D eigenvalue weighted by Crippen LogP contribution is 2.30. The molecule has 0 bridgehead atoms. The molecule has 0 radical (unpaired) electrons. The van der Waals surface area contributed by atoms with Crippen LogP contribution in [0.15, 0.2) is 77.3 Å². The van der Waals surface area contributed by atoms with Crippen LogP contribution in [0.25, 0.3) is 11.1 Å². The molecule has 0 aliphatic carbocycles. The van der Waals surface area contributed by atoms with Gasteiger partial charge in [-0.1, -0.05) is 48.0 Å². The third kappa shape index (κ3) is 6.50. The van der Waals surface area contributed by atoms with E-state index in [1.807, 2.05) is 42.5 Å². The first kappa shape index (κ1) is 21.7. The molecule has 0 fully saturated rings. The summed E-state index contributed by atoms with van der Waals surface area (Å²) in [5.41, 5.74) is 6.63. The lowest BCUT2D eigenvalue weighted by Crippen LogP contribution is -2.45. The number of benzene rings is 3. The van der Waals surface area contributed by atoms with Crippen molar-refractivity contribution in [3.05, 3.63) is 82.3 Å². The molecule has 0 saturated heterocycles. The van der Waals surface area contributed by atoms with Gasteiger partial charge in [-0.15, -0.1) is 0 Å². The number of hydrogen-bond acceptors (Lipinski definition) is 4. The van der Waals surface area contributed by atoms with E-state index in [4.69, 9.17) is 21.1 Å². The van der Waals surface area contributed by atoms with Crippen molar-refractivity contribution in [2.24, 2.45) is 0 Å². The molecule has 3 aromatic rings. The van der Waals surface area contributed by atoms with E-state index >= 15 is 0 Å². The van der Waals surface area contributed by atoms with Crippen molar-refractivity contribution >= 4 is 39.3 Å². The lowest BCUT2D eigenvalue weighted by Gasteiger charge is -2.11. The molecule has 0 spiro atoms. The molecule has 154 valence electrons. The quantitative estimate of drug-likeness (QED) is 0.483. The number of halogens is 2. The van der Waals surface area contributed by atoms with Crippen molar-refractivity contribution in [1.82, 2.24) is 10.9 Å². The molecule has 6 nitrogen and oxygen atoms in total. The van der Waals surface area contributed by atoms with Crippen molar-refractivity contribution < 1.29 is 19.1 Å². The van der Waals surface area contributed by atoms with Gasteiger partial charge in [-0.25, -0.2) is 0 Å². The maximum absolute atomic E-state index is 11.9. The van der Waals surface area contributed by atoms with E-state index in [-0.39, 0.29) is 13.2 Å². The third-order valence-electron chi connectivity index (χ3n) is 3.92. The molecular weight excluding hydrogens is 472 g/mol. The highest BCUT2D eigenvalue weighted by molar-refractivity contribution is 9.10. The number of hydrazine groups is 1. The second kappa shape index (κ2) is 10.7. The fourth-order valence-corrected chi connectivity index (χ4v) is 3.08. The van der Waals surface area contributed by atoms with E-state index in [0.717, 1.165) is 15.6 Å². The minimum Gasteiger partial charge on any atom is -0.484 e. The van der Waals surface area contributed by atoms with E-state index in [1.54, 1.807) is 30.3 Å². The molecule has 0 atom stereocenters. The predicted molar refractivity (Wildman–Crippen MR) is 118 cm³/mol. The van der Waals surface area contributed by atoms with Gasteiger partial charge in [-0.05, 0) is 63.5 Å². The number of carbonyl (C=O) groups is 2. The van der Waals surface area contributed by atoms with Gasteiger partial charge in [0.15, 0.2) is 13.2 Å². The van der Waals surface area contributed by atoms with Crippen LogP contribution in [0.4, 0.5) is 0 Å². The van der Waals surface area contributed by atoms with Crippen molar-refractivity contribution in [3.63, 3.8) is 0 Å². The number of carbonyl (C=O) groups excluding carboxylic acids is 2. The van der Waals surface area contributed by atoms with Crippen LogP contribution in [-0.4, -0.2) is 25.0 Å². The fourth-order valence-electron chi connectivity index (χ4n) is 2.46. The smallest absolute Gasteiger partial charge is 0.276 e. The van der Waals surface area contributed by atoms with Crippen LogP contribution in [0.3, 0.4) is 0 Å². The van der Waals surface area contributed by atoms with Gasteiger partial charge in [0.05, 0.1) is 4.47 Å². The van der Waals surface area contributed by atoms with Crippen LogP contribution in [0, 0.1) is 0 Å². The van der Waals surface area contributed by atoms with Crippen molar-refractivity contribution in [3.8, 4) is 22.6 Å². The summed E-state index contributed by atoms with van der Waals surface area (Å²) in [5, 5.41) is 0.570. The highest BCUT2D eigenvalue weighted by Gasteiger charge is 2.09. The normalized spacial score (nSPS) is 10.2. The van der Waals surface area contributed by atoms with Gasteiger partial charge in [0.1, 0.15) is 11.5 Å². The Morgan fingerprint density at radius 1 is 0.800 bits per heavy atom. The first-order valence-corrected chi connectivity index (χ1v) is 10.1. The molecule has 0 unspecified atom stereocenters. The minimum absolute atomic E-state index is 0.255. The van der Waals surface area contributed by atoms with Crippen LogP contribution in [0.5, 0.6) is 11.5 Å². The van der Waals surface area contributed by atoms with Gasteiger partial charge >= 0.3 is 0 Å². The molecule has 3 rings (SSSR count). The van der Waals surface area contributed by atoms with E-state index < -0.39 is 11.8 Å². The summed E-state index contributed by atoms with van der Waals surface area (Å²) in [6.45, 7) is -0.517. The maximum atomic E-state index is 11.9. The van der Waals surface area contributed by atoms with Gasteiger partial charge in [-0.2, -0.15) is 0 Å². The van der Waals surface area contributed by atoms with Crippen LogP contribution < -0.4 is 20.3 Å². The van der Waals surface area contributed by atoms with Crippen LogP contribution >= 0.6 is 27.5 Å². The first-order valence-electron chi connectivity index (χ1n) is 8.95. The Balaban J connectivity index is 1.42. The molecule has 2 amide bonds. The Morgan fingerprint density at radius 3 is 2.07 bits per heavy atom. The zero-order valence-electron chi connectivity index (χ0n) is 15.7. The van der Waals surface area contributed by atoms with Gasteiger partial charge in [0, 0.05) is 5.02 Å². The van der Waals surface area contributed by atoms with Crippen LogP contribution in [0.2, 0.25) is 5.02 Å². The van der Waals surface area contributed by atoms with Gasteiger partial charge in [0.2, 0.25) is 0 Å². The largest absolute Gasteiger partial charge is 0.484 e. The molecule has 0 aliphatic heterocycles. The standard InChI is InChI=1S/C22H18BrClN2O4/c23-19-12-16(15-4-2-1-3-5-15)6-11-20(19)30-14-22(28)26-25-21(27)13-29-18-9-7-17(24)8-10-18/h1-12H,13-14H2,(H,25,27)(H,26,28). The first-order chi connectivity index (χ1) is 14.5. The molecule has 0 aromatic heterocycles. The van der Waals surface area contributed by atoms with Crippen molar-refractivity contribution in [1.29, 1.82) is 0 Å². The van der Waals surface area contributed by atoms with Crippen LogP contribution in [-0.2, 0) is 9.59 Å². The minimum atomic E-state index is -0.508. The highest BCUT2D eigenvalue weighted by atomic mass is 79.9. The second-order valence-corrected chi connectivity index (χ2v) is 7.43. The molecular formula is C22H18BrClN2O4. The van der Waals surface area contributed by atoms with Crippen molar-refractivity contribution in [2.75, 3.05) is 13.2 Å². The molecule has 2 N–H and O–H groups in total. The van der Waals surface area contributed by atoms with E-state index in [1.165, 1.54) is 0 Å². The van der Waals surface area contributed by atoms with Gasteiger partial charge in [0.25, 0.3) is 11.8 Å². The molecule has 8 heteroatoms. The Bertz CT molecular complexity index is 1010. The summed E-state index contributed by atoms with van der Waals surface area (Å²) in [6, 6.07) is 22.1. The lowest BCUT2D eigenvalue weighted by molar-refractivity contribution is -0.131. The average Bonchev–Trinajstić information content (AvgIpc) is 2.77. The summed E-state index contributed by atoms with van der Waals surface area (Å²) >= 11 is 9.23. The Labute approximate surface area is 187 Å². The monoisotopic (exact) mass is 488 g/mol. The van der Waals surface area contributed by atoms with Gasteiger partial charge in [-0.3, -0.25) is 20.4 Å². The molecule has 3 aromatic carbocycles. The molecule has 0 heterocycles. The van der Waals surface area contributed by atoms with Crippen molar-refractivity contribution in [2.45, 2.75) is 0 Å². The molecule has 0 aliphatic rings. The average molecular weight is 490 g/mol. The third-order valence-corrected chi connectivity index (χ3v) is 4.79. The zero-order chi connectivity index (χ0) is 21.3. The lowest BCUT2D eigenvalue weighted by atomic mass is 10.1. The number of hydrogen-bond donors (Lipinski definition) is 2.